The number of benzene rings is 1. The van der Waals surface area contributed by atoms with Crippen molar-refractivity contribution in [2.45, 2.75) is 51.1 Å². The first-order valence-corrected chi connectivity index (χ1v) is 10.9. The number of ether oxygens (including phenoxy) is 1. The third kappa shape index (κ3) is 3.90. The van der Waals surface area contributed by atoms with E-state index >= 15 is 0 Å². The predicted molar refractivity (Wildman–Crippen MR) is 120 cm³/mol. The van der Waals surface area contributed by atoms with Gasteiger partial charge in [0.05, 0.1) is 17.5 Å². The Balaban J connectivity index is 1.41. The Bertz CT molecular complexity index is 1330. The molecule has 6 nitrogen and oxygen atoms in total. The average molecular weight is 451 g/mol. The molecule has 0 saturated heterocycles. The monoisotopic (exact) mass is 451 g/mol. The molecule has 5 rings (SSSR count). The van der Waals surface area contributed by atoms with Crippen LogP contribution in [0.4, 0.5) is 14.6 Å². The first-order valence-electron chi connectivity index (χ1n) is 10.9. The van der Waals surface area contributed by atoms with Crippen molar-refractivity contribution in [3.8, 4) is 17.0 Å². The SMILES string of the molecule is Cc1ccc(NC(=O)C2(c3ccc4c(c3)CCC(F)(F)O4)CC2)nc1-c1ccc(=O)[nH]c1C. The second-order valence-corrected chi connectivity index (χ2v) is 8.82. The minimum Gasteiger partial charge on any atom is -0.432 e. The molecule has 1 aliphatic carbocycles. The summed E-state index contributed by atoms with van der Waals surface area (Å²) >= 11 is 0. The minimum absolute atomic E-state index is 0.173. The number of H-pyrrole nitrogens is 1. The van der Waals surface area contributed by atoms with Gasteiger partial charge in [-0.2, -0.15) is 8.78 Å². The van der Waals surface area contributed by atoms with E-state index in [2.05, 4.69) is 15.3 Å². The summed E-state index contributed by atoms with van der Waals surface area (Å²) in [7, 11) is 0. The lowest BCUT2D eigenvalue weighted by molar-refractivity contribution is -0.187. The van der Waals surface area contributed by atoms with E-state index in [0.29, 0.717) is 35.6 Å². The number of carbonyl (C=O) groups excluding carboxylic acids is 1. The Morgan fingerprint density at radius 2 is 1.88 bits per heavy atom. The summed E-state index contributed by atoms with van der Waals surface area (Å²) < 4.78 is 31.8. The van der Waals surface area contributed by atoms with Gasteiger partial charge in [0, 0.05) is 17.3 Å². The molecule has 3 aromatic rings. The molecule has 170 valence electrons. The summed E-state index contributed by atoms with van der Waals surface area (Å²) in [6, 6.07) is 11.8. The van der Waals surface area contributed by atoms with Crippen LogP contribution in [0.25, 0.3) is 11.3 Å². The maximum Gasteiger partial charge on any atom is 0.398 e. The van der Waals surface area contributed by atoms with Crippen molar-refractivity contribution in [3.05, 3.63) is 75.2 Å². The number of amides is 1. The van der Waals surface area contributed by atoms with Crippen LogP contribution in [0, 0.1) is 13.8 Å². The van der Waals surface area contributed by atoms with Crippen molar-refractivity contribution in [1.82, 2.24) is 9.97 Å². The van der Waals surface area contributed by atoms with Gasteiger partial charge >= 0.3 is 6.11 Å². The Kier molecular flexibility index (Phi) is 4.84. The summed E-state index contributed by atoms with van der Waals surface area (Å²) in [5.41, 5.74) is 3.69. The van der Waals surface area contributed by atoms with Crippen LogP contribution < -0.4 is 15.6 Å². The van der Waals surface area contributed by atoms with Gasteiger partial charge in [0.1, 0.15) is 11.6 Å². The van der Waals surface area contributed by atoms with E-state index in [-0.39, 0.29) is 30.1 Å². The van der Waals surface area contributed by atoms with Crippen LogP contribution in [0.3, 0.4) is 0 Å². The minimum atomic E-state index is -3.15. The van der Waals surface area contributed by atoms with Crippen LogP contribution in [-0.2, 0) is 16.6 Å². The summed E-state index contributed by atoms with van der Waals surface area (Å²) in [6.45, 7) is 3.72. The topological polar surface area (TPSA) is 84.1 Å². The lowest BCUT2D eigenvalue weighted by Gasteiger charge is -2.26. The highest BCUT2D eigenvalue weighted by Gasteiger charge is 2.52. The van der Waals surface area contributed by atoms with Crippen LogP contribution in [0.2, 0.25) is 0 Å². The fraction of sp³-hybridized carbons (Fsp3) is 0.320. The lowest BCUT2D eigenvalue weighted by atomic mass is 9.91. The van der Waals surface area contributed by atoms with E-state index in [9.17, 15) is 18.4 Å². The van der Waals surface area contributed by atoms with E-state index in [4.69, 9.17) is 4.74 Å². The number of anilines is 1. The van der Waals surface area contributed by atoms with Gasteiger partial charge in [-0.3, -0.25) is 9.59 Å². The molecule has 1 aromatic carbocycles. The van der Waals surface area contributed by atoms with E-state index in [0.717, 1.165) is 16.7 Å². The van der Waals surface area contributed by atoms with Crippen molar-refractivity contribution in [2.75, 3.05) is 5.32 Å². The van der Waals surface area contributed by atoms with E-state index in [1.807, 2.05) is 19.1 Å². The maximum absolute atomic E-state index is 13.5. The number of nitrogens with one attached hydrogen (secondary N) is 2. The number of halogens is 2. The number of alkyl halides is 2. The van der Waals surface area contributed by atoms with Gasteiger partial charge in [-0.05, 0) is 68.0 Å². The molecule has 2 aromatic heterocycles. The number of rotatable bonds is 4. The van der Waals surface area contributed by atoms with Crippen molar-refractivity contribution in [1.29, 1.82) is 0 Å². The summed E-state index contributed by atoms with van der Waals surface area (Å²) in [5, 5.41) is 2.93. The zero-order valence-electron chi connectivity index (χ0n) is 18.3. The quantitative estimate of drug-likeness (QED) is 0.605. The largest absolute Gasteiger partial charge is 0.432 e. The molecule has 0 bridgehead atoms. The normalized spacial score (nSPS) is 17.6. The zero-order valence-corrected chi connectivity index (χ0v) is 18.3. The summed E-state index contributed by atoms with van der Waals surface area (Å²) in [5.74, 6) is 0.413. The molecule has 0 radical (unpaired) electrons. The molecule has 1 aliphatic heterocycles. The molecule has 2 aliphatic rings. The second-order valence-electron chi connectivity index (χ2n) is 8.82. The standard InChI is InChI=1S/C25H23F2N3O3/c1-14-3-7-20(29-22(14)18-5-8-21(31)28-15(18)2)30-23(32)24(11-12-24)17-4-6-19-16(13-17)9-10-25(26,27)33-19/h3-8,13H,9-12H2,1-2H3,(H,28,31)(H,29,30,32). The maximum atomic E-state index is 13.5. The molecule has 33 heavy (non-hydrogen) atoms. The highest BCUT2D eigenvalue weighted by molar-refractivity contribution is 6.01. The molecular weight excluding hydrogens is 428 g/mol. The number of carbonyl (C=O) groups is 1. The first-order chi connectivity index (χ1) is 15.7. The average Bonchev–Trinajstić information content (AvgIpc) is 3.57. The van der Waals surface area contributed by atoms with E-state index in [1.165, 1.54) is 12.1 Å². The summed E-state index contributed by atoms with van der Waals surface area (Å²) in [4.78, 5) is 32.2. The van der Waals surface area contributed by atoms with Crippen molar-refractivity contribution < 1.29 is 18.3 Å². The van der Waals surface area contributed by atoms with Crippen LogP contribution in [0.5, 0.6) is 5.75 Å². The van der Waals surface area contributed by atoms with E-state index in [1.54, 1.807) is 25.1 Å². The molecule has 1 fully saturated rings. The molecule has 0 spiro atoms. The molecule has 1 saturated carbocycles. The molecule has 1 amide bonds. The summed E-state index contributed by atoms with van der Waals surface area (Å²) in [6.07, 6.45) is -1.97. The van der Waals surface area contributed by atoms with Crippen LogP contribution >= 0.6 is 0 Å². The van der Waals surface area contributed by atoms with Gasteiger partial charge in [-0.25, -0.2) is 4.98 Å². The number of hydrogen-bond donors (Lipinski definition) is 2. The smallest absolute Gasteiger partial charge is 0.398 e. The van der Waals surface area contributed by atoms with Crippen LogP contribution in [0.1, 0.15) is 41.6 Å². The lowest BCUT2D eigenvalue weighted by Crippen LogP contribution is -2.31. The highest BCUT2D eigenvalue weighted by Crippen LogP contribution is 2.50. The highest BCUT2D eigenvalue weighted by atomic mass is 19.3. The second kappa shape index (κ2) is 7.50. The van der Waals surface area contributed by atoms with Crippen molar-refractivity contribution in [3.63, 3.8) is 0 Å². The first kappa shape index (κ1) is 21.3. The van der Waals surface area contributed by atoms with Crippen LogP contribution in [0.15, 0.2) is 47.3 Å². The molecule has 0 atom stereocenters. The Morgan fingerprint density at radius 1 is 1.09 bits per heavy atom. The van der Waals surface area contributed by atoms with Gasteiger partial charge < -0.3 is 15.0 Å². The number of hydrogen-bond acceptors (Lipinski definition) is 4. The van der Waals surface area contributed by atoms with E-state index < -0.39 is 11.5 Å². The fourth-order valence-corrected chi connectivity index (χ4v) is 4.38. The number of pyridine rings is 2. The molecule has 3 heterocycles. The Morgan fingerprint density at radius 3 is 2.61 bits per heavy atom. The van der Waals surface area contributed by atoms with Crippen molar-refractivity contribution in [2.24, 2.45) is 0 Å². The van der Waals surface area contributed by atoms with Gasteiger partial charge in [-0.1, -0.05) is 18.2 Å². The molecular formula is C25H23F2N3O3. The van der Waals surface area contributed by atoms with Crippen LogP contribution in [-0.4, -0.2) is 22.0 Å². The molecule has 0 unspecified atom stereocenters. The Hall–Kier alpha value is -3.55. The number of aromatic nitrogens is 2. The molecule has 2 N–H and O–H groups in total. The van der Waals surface area contributed by atoms with Gasteiger partial charge in [-0.15, -0.1) is 0 Å². The van der Waals surface area contributed by atoms with Gasteiger partial charge in [0.15, 0.2) is 0 Å². The number of nitrogens with zero attached hydrogens (tertiary/aromatic N) is 1. The van der Waals surface area contributed by atoms with Gasteiger partial charge in [0.25, 0.3) is 0 Å². The molecule has 8 heteroatoms. The van der Waals surface area contributed by atoms with Crippen molar-refractivity contribution >= 4 is 11.7 Å². The third-order valence-electron chi connectivity index (χ3n) is 6.45. The fourth-order valence-electron chi connectivity index (χ4n) is 4.38. The number of aryl methyl sites for hydroxylation is 3. The third-order valence-corrected chi connectivity index (χ3v) is 6.45. The number of aromatic amines is 1. The zero-order chi connectivity index (χ0) is 23.4. The van der Waals surface area contributed by atoms with Gasteiger partial charge in [0.2, 0.25) is 11.5 Å². The predicted octanol–water partition coefficient (Wildman–Crippen LogP) is 4.64. The number of fused-ring (bicyclic) bond motifs is 1. The Labute approximate surface area is 189 Å².